The molecule has 1 unspecified atom stereocenters. The number of hydrogen-bond acceptors (Lipinski definition) is 4. The Morgan fingerprint density at radius 3 is 2.35 bits per heavy atom. The second-order valence-electron chi connectivity index (χ2n) is 6.12. The van der Waals surface area contributed by atoms with E-state index in [1.54, 1.807) is 0 Å². The Morgan fingerprint density at radius 2 is 1.85 bits per heavy atom. The number of anilines is 1. The highest BCUT2D eigenvalue weighted by molar-refractivity contribution is 5.45. The maximum Gasteiger partial charge on any atom is 0.248 e. The van der Waals surface area contributed by atoms with Crippen LogP contribution in [0.15, 0.2) is 28.8 Å². The van der Waals surface area contributed by atoms with E-state index in [4.69, 9.17) is 4.52 Å². The maximum atomic E-state index is 5.35. The summed E-state index contributed by atoms with van der Waals surface area (Å²) in [6, 6.07) is 8.41. The van der Waals surface area contributed by atoms with Crippen molar-refractivity contribution in [2.45, 2.75) is 52.5 Å². The first-order chi connectivity index (χ1) is 9.40. The van der Waals surface area contributed by atoms with Gasteiger partial charge in [0.2, 0.25) is 5.89 Å². The molecule has 0 aliphatic carbocycles. The molecular formula is C16H23N3O. The number of aromatic nitrogens is 2. The fraction of sp³-hybridized carbons (Fsp3) is 0.500. The van der Waals surface area contributed by atoms with Crippen molar-refractivity contribution in [3.05, 3.63) is 41.5 Å². The van der Waals surface area contributed by atoms with E-state index in [9.17, 15) is 0 Å². The van der Waals surface area contributed by atoms with Crippen LogP contribution in [-0.2, 0) is 11.8 Å². The average Bonchev–Trinajstić information content (AvgIpc) is 2.89. The third-order valence-electron chi connectivity index (χ3n) is 3.23. The number of benzene rings is 1. The van der Waals surface area contributed by atoms with Gasteiger partial charge in [-0.1, -0.05) is 45.0 Å². The summed E-state index contributed by atoms with van der Waals surface area (Å²) in [6.45, 7) is 10.4. The summed E-state index contributed by atoms with van der Waals surface area (Å²) in [5.74, 6) is 1.36. The smallest absolute Gasteiger partial charge is 0.248 e. The van der Waals surface area contributed by atoms with Gasteiger partial charge in [-0.25, -0.2) is 0 Å². The highest BCUT2D eigenvalue weighted by Gasteiger charge is 2.23. The van der Waals surface area contributed by atoms with Crippen LogP contribution in [-0.4, -0.2) is 10.1 Å². The molecule has 0 bridgehead atoms. The molecule has 2 rings (SSSR count). The summed E-state index contributed by atoms with van der Waals surface area (Å²) >= 11 is 0. The molecule has 20 heavy (non-hydrogen) atoms. The first-order valence-electron chi connectivity index (χ1n) is 7.09. The molecule has 0 saturated carbocycles. The highest BCUT2D eigenvalue weighted by atomic mass is 16.5. The van der Waals surface area contributed by atoms with Crippen molar-refractivity contribution in [1.29, 1.82) is 0 Å². The van der Waals surface area contributed by atoms with Gasteiger partial charge in [-0.05, 0) is 31.0 Å². The van der Waals surface area contributed by atoms with E-state index >= 15 is 0 Å². The normalized spacial score (nSPS) is 13.2. The molecule has 0 spiro atoms. The Morgan fingerprint density at radius 1 is 1.20 bits per heavy atom. The van der Waals surface area contributed by atoms with Crippen molar-refractivity contribution >= 4 is 5.69 Å². The zero-order valence-corrected chi connectivity index (χ0v) is 12.9. The Labute approximate surface area is 120 Å². The van der Waals surface area contributed by atoms with Gasteiger partial charge in [-0.3, -0.25) is 0 Å². The van der Waals surface area contributed by atoms with E-state index in [1.165, 1.54) is 5.56 Å². The lowest BCUT2D eigenvalue weighted by Gasteiger charge is -2.13. The molecule has 2 aromatic rings. The lowest BCUT2D eigenvalue weighted by atomic mass is 9.96. The van der Waals surface area contributed by atoms with Crippen LogP contribution in [0.25, 0.3) is 0 Å². The Bertz CT molecular complexity index is 552. The summed E-state index contributed by atoms with van der Waals surface area (Å²) in [6.07, 6.45) is 1.05. The molecule has 1 atom stereocenters. The summed E-state index contributed by atoms with van der Waals surface area (Å²) in [5, 5.41) is 7.43. The number of hydrogen-bond donors (Lipinski definition) is 1. The zero-order chi connectivity index (χ0) is 14.8. The molecule has 1 N–H and O–H groups in total. The fourth-order valence-corrected chi connectivity index (χ4v) is 1.86. The molecular weight excluding hydrogens is 250 g/mol. The molecule has 4 nitrogen and oxygen atoms in total. The third kappa shape index (κ3) is 3.38. The standard InChI is InChI=1S/C16H23N3O/c1-6-12-7-9-13(10-8-12)17-11(2)14-18-15(19-20-14)16(3,4)5/h7-11,17H,6H2,1-5H3. The van der Waals surface area contributed by atoms with E-state index in [-0.39, 0.29) is 11.5 Å². The lowest BCUT2D eigenvalue weighted by molar-refractivity contribution is 0.354. The van der Waals surface area contributed by atoms with Gasteiger partial charge in [-0.15, -0.1) is 0 Å². The van der Waals surface area contributed by atoms with Crippen LogP contribution in [0, 0.1) is 0 Å². The predicted molar refractivity (Wildman–Crippen MR) is 80.9 cm³/mol. The van der Waals surface area contributed by atoms with Crippen molar-refractivity contribution in [1.82, 2.24) is 10.1 Å². The fourth-order valence-electron chi connectivity index (χ4n) is 1.86. The SMILES string of the molecule is CCc1ccc(NC(C)c2nc(C(C)(C)C)no2)cc1. The van der Waals surface area contributed by atoms with Gasteiger partial charge in [0.05, 0.1) is 0 Å². The summed E-state index contributed by atoms with van der Waals surface area (Å²) < 4.78 is 5.35. The maximum absolute atomic E-state index is 5.35. The molecule has 0 aliphatic heterocycles. The van der Waals surface area contributed by atoms with Gasteiger partial charge in [0, 0.05) is 11.1 Å². The number of nitrogens with zero attached hydrogens (tertiary/aromatic N) is 2. The van der Waals surface area contributed by atoms with Crippen molar-refractivity contribution in [3.63, 3.8) is 0 Å². The highest BCUT2D eigenvalue weighted by Crippen LogP contribution is 2.23. The van der Waals surface area contributed by atoms with Gasteiger partial charge in [0.15, 0.2) is 5.82 Å². The van der Waals surface area contributed by atoms with Crippen LogP contribution in [0.5, 0.6) is 0 Å². The van der Waals surface area contributed by atoms with Crippen molar-refractivity contribution in [2.24, 2.45) is 0 Å². The lowest BCUT2D eigenvalue weighted by Crippen LogP contribution is -2.14. The topological polar surface area (TPSA) is 51.0 Å². The quantitative estimate of drug-likeness (QED) is 0.911. The largest absolute Gasteiger partial charge is 0.374 e. The van der Waals surface area contributed by atoms with Crippen LogP contribution in [0.1, 0.15) is 57.9 Å². The van der Waals surface area contributed by atoms with E-state index in [2.05, 4.69) is 67.4 Å². The van der Waals surface area contributed by atoms with Gasteiger partial charge in [0.25, 0.3) is 0 Å². The van der Waals surface area contributed by atoms with E-state index in [0.29, 0.717) is 5.89 Å². The molecule has 1 aromatic heterocycles. The Kier molecular flexibility index (Phi) is 4.12. The molecule has 0 saturated heterocycles. The molecule has 108 valence electrons. The van der Waals surface area contributed by atoms with Crippen molar-refractivity contribution in [3.8, 4) is 0 Å². The molecule has 0 fully saturated rings. The molecule has 0 radical (unpaired) electrons. The second kappa shape index (κ2) is 5.65. The Hall–Kier alpha value is -1.84. The van der Waals surface area contributed by atoms with Gasteiger partial charge >= 0.3 is 0 Å². The van der Waals surface area contributed by atoms with E-state index in [1.807, 2.05) is 6.92 Å². The molecule has 4 heteroatoms. The van der Waals surface area contributed by atoms with Crippen LogP contribution in [0.4, 0.5) is 5.69 Å². The molecule has 0 aliphatic rings. The second-order valence-corrected chi connectivity index (χ2v) is 6.12. The van der Waals surface area contributed by atoms with Gasteiger partial charge in [-0.2, -0.15) is 4.98 Å². The Balaban J connectivity index is 2.07. The van der Waals surface area contributed by atoms with Crippen LogP contribution < -0.4 is 5.32 Å². The summed E-state index contributed by atoms with van der Waals surface area (Å²) in [4.78, 5) is 4.47. The first kappa shape index (κ1) is 14.6. The number of rotatable bonds is 4. The molecule has 1 aromatic carbocycles. The summed E-state index contributed by atoms with van der Waals surface area (Å²) in [5.41, 5.74) is 2.30. The number of nitrogens with one attached hydrogen (secondary N) is 1. The first-order valence-corrected chi connectivity index (χ1v) is 7.09. The summed E-state index contributed by atoms with van der Waals surface area (Å²) in [7, 11) is 0. The monoisotopic (exact) mass is 273 g/mol. The van der Waals surface area contributed by atoms with E-state index in [0.717, 1.165) is 17.9 Å². The minimum Gasteiger partial charge on any atom is -0.374 e. The average molecular weight is 273 g/mol. The van der Waals surface area contributed by atoms with Gasteiger partial charge < -0.3 is 9.84 Å². The van der Waals surface area contributed by atoms with Crippen LogP contribution >= 0.6 is 0 Å². The minimum atomic E-state index is -0.0930. The zero-order valence-electron chi connectivity index (χ0n) is 12.9. The number of aryl methyl sites for hydroxylation is 1. The van der Waals surface area contributed by atoms with Crippen molar-refractivity contribution < 1.29 is 4.52 Å². The predicted octanol–water partition coefficient (Wildman–Crippen LogP) is 4.10. The molecule has 0 amide bonds. The third-order valence-corrected chi connectivity index (χ3v) is 3.23. The van der Waals surface area contributed by atoms with Crippen LogP contribution in [0.2, 0.25) is 0 Å². The molecule has 1 heterocycles. The van der Waals surface area contributed by atoms with E-state index < -0.39 is 0 Å². The minimum absolute atomic E-state index is 0.00826. The van der Waals surface area contributed by atoms with Gasteiger partial charge in [0.1, 0.15) is 6.04 Å². The van der Waals surface area contributed by atoms with Crippen molar-refractivity contribution in [2.75, 3.05) is 5.32 Å². The van der Waals surface area contributed by atoms with Crippen LogP contribution in [0.3, 0.4) is 0 Å².